The van der Waals surface area contributed by atoms with Gasteiger partial charge in [-0.3, -0.25) is 19.4 Å². The fourth-order valence-electron chi connectivity index (χ4n) is 4.77. The molecule has 2 aromatic carbocycles. The Morgan fingerprint density at radius 3 is 2.20 bits per heavy atom. The molecule has 0 fully saturated rings. The van der Waals surface area contributed by atoms with E-state index >= 15 is 0 Å². The predicted octanol–water partition coefficient (Wildman–Crippen LogP) is 4.81. The highest BCUT2D eigenvalue weighted by Crippen LogP contribution is 2.33. The number of primary amides is 1. The van der Waals surface area contributed by atoms with Gasteiger partial charge in [0.2, 0.25) is 11.8 Å². The Bertz CT molecular complexity index is 1320. The predicted molar refractivity (Wildman–Crippen MR) is 137 cm³/mol. The number of fused-ring (bicyclic) bond motifs is 1. The third-order valence-corrected chi connectivity index (χ3v) is 6.76. The third kappa shape index (κ3) is 8.54. The molecule has 0 bridgehead atoms. The molecular formula is C28H29F6N3O4. The number of hydrogen-bond donors (Lipinski definition) is 2. The number of ketones is 1. The molecule has 2 aromatic rings. The van der Waals surface area contributed by atoms with Crippen LogP contribution in [-0.2, 0) is 20.8 Å². The smallest absolute Gasteiger partial charge is 0.389 e. The molecule has 13 heteroatoms. The molecular weight excluding hydrogens is 556 g/mol. The van der Waals surface area contributed by atoms with Gasteiger partial charge in [0.15, 0.2) is 11.9 Å². The first-order chi connectivity index (χ1) is 19.1. The first-order valence-electron chi connectivity index (χ1n) is 12.7. The number of aryl methyl sites for hydroxylation is 1. The SMILES string of the molecule is COc1cccc2c1CC(=O)[C@@H](NC(=O)[C@H](CCC(F)(F)F)[C@H](CCC(F)(F)F)C(N)=O)N=C2c1cccc(C)c1. The zero-order chi connectivity index (χ0) is 30.5. The van der Waals surface area contributed by atoms with Gasteiger partial charge in [-0.05, 0) is 31.9 Å². The van der Waals surface area contributed by atoms with Crippen molar-refractivity contribution in [1.29, 1.82) is 0 Å². The maximum Gasteiger partial charge on any atom is 0.389 e. The van der Waals surface area contributed by atoms with Crippen LogP contribution in [0.2, 0.25) is 0 Å². The van der Waals surface area contributed by atoms with Gasteiger partial charge in [-0.2, -0.15) is 26.3 Å². The average Bonchev–Trinajstić information content (AvgIpc) is 3.00. The number of amides is 2. The summed E-state index contributed by atoms with van der Waals surface area (Å²) in [5.41, 5.74) is 7.95. The van der Waals surface area contributed by atoms with Crippen LogP contribution < -0.4 is 15.8 Å². The van der Waals surface area contributed by atoms with Crippen LogP contribution in [0.1, 0.15) is 47.9 Å². The summed E-state index contributed by atoms with van der Waals surface area (Å²) in [5, 5.41) is 2.29. The van der Waals surface area contributed by atoms with Gasteiger partial charge >= 0.3 is 12.4 Å². The van der Waals surface area contributed by atoms with E-state index < -0.39 is 73.6 Å². The van der Waals surface area contributed by atoms with E-state index in [9.17, 15) is 40.7 Å². The number of carbonyl (C=O) groups excluding carboxylic acids is 3. The number of benzene rings is 2. The molecule has 3 N–H and O–H groups in total. The van der Waals surface area contributed by atoms with Crippen molar-refractivity contribution in [3.63, 3.8) is 0 Å². The zero-order valence-corrected chi connectivity index (χ0v) is 22.2. The van der Waals surface area contributed by atoms with Crippen molar-refractivity contribution in [2.75, 3.05) is 7.11 Å². The molecule has 3 atom stereocenters. The summed E-state index contributed by atoms with van der Waals surface area (Å²) < 4.78 is 83.3. The standard InChI is InChI=1S/C28H29F6N3O4/c1-15-5-3-6-16(13-15)23-17-7-4-8-22(41-2)20(17)14-21(38)25(36-23)37-26(40)19(10-12-28(32,33)34)18(24(35)39)9-11-27(29,30)31/h3-8,13,18-19,25H,9-12,14H2,1-2H3,(H2,35,39)(H,37,40)/t18-,19+,25+/m0/s1. The van der Waals surface area contributed by atoms with Gasteiger partial charge in [0.25, 0.3) is 0 Å². The number of nitrogens with two attached hydrogens (primary N) is 1. The number of Topliss-reactive ketones (excluding diaryl/α,β-unsaturated/α-hetero) is 1. The maximum atomic E-state index is 13.3. The molecule has 1 aliphatic rings. The molecule has 222 valence electrons. The highest BCUT2D eigenvalue weighted by atomic mass is 19.4. The number of ether oxygens (including phenoxy) is 1. The number of hydrogen-bond acceptors (Lipinski definition) is 5. The van der Waals surface area contributed by atoms with E-state index in [0.717, 1.165) is 5.56 Å². The molecule has 7 nitrogen and oxygen atoms in total. The summed E-state index contributed by atoms with van der Waals surface area (Å²) in [6.07, 6.45) is -16.5. The molecule has 1 aliphatic heterocycles. The number of methoxy groups -OCH3 is 1. The van der Waals surface area contributed by atoms with Crippen molar-refractivity contribution in [1.82, 2.24) is 5.32 Å². The number of nitrogens with zero attached hydrogens (tertiary/aromatic N) is 1. The average molecular weight is 586 g/mol. The summed E-state index contributed by atoms with van der Waals surface area (Å²) in [6, 6.07) is 12.1. The molecule has 0 unspecified atom stereocenters. The third-order valence-electron chi connectivity index (χ3n) is 6.76. The van der Waals surface area contributed by atoms with E-state index in [1.165, 1.54) is 7.11 Å². The highest BCUT2D eigenvalue weighted by molar-refractivity contribution is 6.16. The molecule has 2 amide bonds. The topological polar surface area (TPSA) is 111 Å². The van der Waals surface area contributed by atoms with Crippen molar-refractivity contribution in [2.24, 2.45) is 22.6 Å². The van der Waals surface area contributed by atoms with Crippen LogP contribution in [0.15, 0.2) is 47.5 Å². The first kappa shape index (κ1) is 31.6. The minimum absolute atomic E-state index is 0.274. The molecule has 0 aromatic heterocycles. The zero-order valence-electron chi connectivity index (χ0n) is 22.2. The Labute approximate surface area is 232 Å². The van der Waals surface area contributed by atoms with Crippen LogP contribution in [0.25, 0.3) is 0 Å². The quantitative estimate of drug-likeness (QED) is 0.390. The van der Waals surface area contributed by atoms with E-state index in [1.807, 2.05) is 13.0 Å². The molecule has 3 rings (SSSR count). The van der Waals surface area contributed by atoms with Gasteiger partial charge < -0.3 is 15.8 Å². The van der Waals surface area contributed by atoms with E-state index in [1.54, 1.807) is 36.4 Å². The van der Waals surface area contributed by atoms with Gasteiger partial charge in [-0.15, -0.1) is 0 Å². The number of halogens is 6. The van der Waals surface area contributed by atoms with Crippen molar-refractivity contribution in [3.8, 4) is 5.75 Å². The molecule has 1 heterocycles. The van der Waals surface area contributed by atoms with Crippen molar-refractivity contribution < 1.29 is 45.5 Å². The van der Waals surface area contributed by atoms with Crippen LogP contribution in [-0.4, -0.2) is 48.9 Å². The second-order valence-electron chi connectivity index (χ2n) is 9.81. The van der Waals surface area contributed by atoms with Gasteiger partial charge in [-0.1, -0.05) is 35.9 Å². The van der Waals surface area contributed by atoms with E-state index in [0.29, 0.717) is 22.4 Å². The second kappa shape index (κ2) is 12.7. The fourth-order valence-corrected chi connectivity index (χ4v) is 4.77. The summed E-state index contributed by atoms with van der Waals surface area (Å²) in [4.78, 5) is 43.2. The lowest BCUT2D eigenvalue weighted by Gasteiger charge is -2.26. The summed E-state index contributed by atoms with van der Waals surface area (Å²) in [6.45, 7) is 1.83. The Kier molecular flexibility index (Phi) is 9.82. The fraction of sp³-hybridized carbons (Fsp3) is 0.429. The number of aliphatic imine (C=N–C) groups is 1. The van der Waals surface area contributed by atoms with E-state index in [-0.39, 0.29) is 12.1 Å². The number of rotatable bonds is 10. The molecule has 0 spiro atoms. The Morgan fingerprint density at radius 2 is 1.63 bits per heavy atom. The normalized spacial score (nSPS) is 17.1. The lowest BCUT2D eigenvalue weighted by atomic mass is 9.83. The van der Waals surface area contributed by atoms with Gasteiger partial charge in [-0.25, -0.2) is 0 Å². The van der Waals surface area contributed by atoms with Gasteiger partial charge in [0, 0.05) is 47.8 Å². The largest absolute Gasteiger partial charge is 0.496 e. The second-order valence-corrected chi connectivity index (χ2v) is 9.81. The van der Waals surface area contributed by atoms with Crippen LogP contribution in [0.5, 0.6) is 5.75 Å². The molecule has 41 heavy (non-hydrogen) atoms. The number of carbonyl (C=O) groups is 3. The van der Waals surface area contributed by atoms with Crippen LogP contribution in [0.3, 0.4) is 0 Å². The summed E-state index contributed by atoms with van der Waals surface area (Å²) in [5.74, 6) is -6.62. The van der Waals surface area contributed by atoms with Gasteiger partial charge in [0.05, 0.1) is 12.8 Å². The van der Waals surface area contributed by atoms with E-state index in [2.05, 4.69) is 10.3 Å². The lowest BCUT2D eigenvalue weighted by molar-refractivity contribution is -0.152. The highest BCUT2D eigenvalue weighted by Gasteiger charge is 2.40. The lowest BCUT2D eigenvalue weighted by Crippen LogP contribution is -2.47. The number of nitrogens with one attached hydrogen (secondary N) is 1. The molecule has 0 radical (unpaired) electrons. The van der Waals surface area contributed by atoms with Crippen LogP contribution >= 0.6 is 0 Å². The number of alkyl halides is 6. The maximum absolute atomic E-state index is 13.3. The molecule has 0 saturated carbocycles. The Hall–Kier alpha value is -3.90. The Morgan fingerprint density at radius 1 is 1.02 bits per heavy atom. The minimum atomic E-state index is -4.77. The van der Waals surface area contributed by atoms with Crippen molar-refractivity contribution in [3.05, 3.63) is 64.7 Å². The van der Waals surface area contributed by atoms with Crippen LogP contribution in [0, 0.1) is 18.8 Å². The summed E-state index contributed by atoms with van der Waals surface area (Å²) in [7, 11) is 1.41. The molecule has 0 saturated heterocycles. The monoisotopic (exact) mass is 585 g/mol. The van der Waals surface area contributed by atoms with Crippen LogP contribution in [0.4, 0.5) is 26.3 Å². The Balaban J connectivity index is 2.04. The van der Waals surface area contributed by atoms with E-state index in [4.69, 9.17) is 10.5 Å². The van der Waals surface area contributed by atoms with Crippen molar-refractivity contribution in [2.45, 2.75) is 57.5 Å². The molecule has 0 aliphatic carbocycles. The van der Waals surface area contributed by atoms with Crippen molar-refractivity contribution >= 4 is 23.3 Å². The minimum Gasteiger partial charge on any atom is -0.496 e. The first-order valence-corrected chi connectivity index (χ1v) is 12.7. The summed E-state index contributed by atoms with van der Waals surface area (Å²) >= 11 is 0. The van der Waals surface area contributed by atoms with Gasteiger partial charge in [0.1, 0.15) is 5.75 Å².